The molecule has 1 N–H and O–H groups in total. The third-order valence-electron chi connectivity index (χ3n) is 3.42. The van der Waals surface area contributed by atoms with E-state index >= 15 is 0 Å². The summed E-state index contributed by atoms with van der Waals surface area (Å²) >= 11 is 12.0. The number of benzene rings is 2. The summed E-state index contributed by atoms with van der Waals surface area (Å²) in [6, 6.07) is 14.1. The Balaban J connectivity index is 2.00. The minimum atomic E-state index is 0.641. The molecule has 21 heavy (non-hydrogen) atoms. The van der Waals surface area contributed by atoms with E-state index in [9.17, 15) is 0 Å². The molecule has 0 aliphatic carbocycles. The van der Waals surface area contributed by atoms with E-state index in [4.69, 9.17) is 23.2 Å². The van der Waals surface area contributed by atoms with Crippen LogP contribution in [0.25, 0.3) is 0 Å². The van der Waals surface area contributed by atoms with Crippen LogP contribution in [0.2, 0.25) is 10.0 Å². The predicted octanol–water partition coefficient (Wildman–Crippen LogP) is 5.45. The van der Waals surface area contributed by atoms with Crippen molar-refractivity contribution < 1.29 is 0 Å². The minimum absolute atomic E-state index is 0.641. The van der Waals surface area contributed by atoms with Gasteiger partial charge < -0.3 is 10.2 Å². The molecule has 0 amide bonds. The molecule has 2 rings (SSSR count). The summed E-state index contributed by atoms with van der Waals surface area (Å²) in [5.74, 6) is 0. The largest absolute Gasteiger partial charge is 0.381 e. The smallest absolute Gasteiger partial charge is 0.0441 e. The monoisotopic (exact) mass is 322 g/mol. The Hall–Kier alpha value is -1.38. The molecular formula is C17H20Cl2N2. The van der Waals surface area contributed by atoms with Gasteiger partial charge in [0.15, 0.2) is 0 Å². The zero-order chi connectivity index (χ0) is 15.2. The van der Waals surface area contributed by atoms with E-state index in [1.54, 1.807) is 6.07 Å². The molecule has 0 aromatic heterocycles. The summed E-state index contributed by atoms with van der Waals surface area (Å²) in [6.07, 6.45) is 0. The Morgan fingerprint density at radius 2 is 1.48 bits per heavy atom. The van der Waals surface area contributed by atoms with Gasteiger partial charge in [0.05, 0.1) is 0 Å². The fourth-order valence-corrected chi connectivity index (χ4v) is 2.80. The molecule has 112 valence electrons. The number of hydrogen-bond acceptors (Lipinski definition) is 2. The van der Waals surface area contributed by atoms with E-state index in [2.05, 4.69) is 48.3 Å². The highest BCUT2D eigenvalue weighted by Crippen LogP contribution is 2.23. The van der Waals surface area contributed by atoms with Crippen LogP contribution in [-0.2, 0) is 6.54 Å². The first kappa shape index (κ1) is 16.0. The van der Waals surface area contributed by atoms with Gasteiger partial charge in [-0.3, -0.25) is 0 Å². The van der Waals surface area contributed by atoms with Crippen molar-refractivity contribution in [3.8, 4) is 0 Å². The average molecular weight is 323 g/mol. The van der Waals surface area contributed by atoms with Gasteiger partial charge in [-0.25, -0.2) is 0 Å². The van der Waals surface area contributed by atoms with Crippen LogP contribution < -0.4 is 10.2 Å². The van der Waals surface area contributed by atoms with Gasteiger partial charge in [0.25, 0.3) is 0 Å². The average Bonchev–Trinajstić information content (AvgIpc) is 2.47. The molecule has 4 heteroatoms. The quantitative estimate of drug-likeness (QED) is 0.760. The number of halogens is 2. The maximum absolute atomic E-state index is 5.99. The van der Waals surface area contributed by atoms with Gasteiger partial charge in [-0.1, -0.05) is 35.3 Å². The second kappa shape index (κ2) is 7.58. The summed E-state index contributed by atoms with van der Waals surface area (Å²) in [5, 5.41) is 4.62. The SMILES string of the molecule is CCN(CC)c1ccc(CNc2cc(Cl)cc(Cl)c2)cc1. The van der Waals surface area contributed by atoms with Gasteiger partial charge >= 0.3 is 0 Å². The molecule has 0 radical (unpaired) electrons. The van der Waals surface area contributed by atoms with Crippen LogP contribution in [0.4, 0.5) is 11.4 Å². The van der Waals surface area contributed by atoms with Crippen molar-refractivity contribution in [2.75, 3.05) is 23.3 Å². The lowest BCUT2D eigenvalue weighted by Crippen LogP contribution is -2.21. The fourth-order valence-electron chi connectivity index (χ4n) is 2.27. The molecule has 2 aromatic rings. The Kier molecular flexibility index (Phi) is 5.77. The summed E-state index contributed by atoms with van der Waals surface area (Å²) in [5.41, 5.74) is 3.41. The van der Waals surface area contributed by atoms with Gasteiger partial charge in [0, 0.05) is 41.1 Å². The lowest BCUT2D eigenvalue weighted by Gasteiger charge is -2.21. The molecule has 0 saturated carbocycles. The van der Waals surface area contributed by atoms with Crippen LogP contribution in [-0.4, -0.2) is 13.1 Å². The molecule has 0 saturated heterocycles. The minimum Gasteiger partial charge on any atom is -0.381 e. The maximum atomic E-state index is 5.99. The highest BCUT2D eigenvalue weighted by molar-refractivity contribution is 6.35. The van der Waals surface area contributed by atoms with E-state index in [1.165, 1.54) is 11.3 Å². The number of nitrogens with one attached hydrogen (secondary N) is 1. The van der Waals surface area contributed by atoms with Crippen molar-refractivity contribution in [2.45, 2.75) is 20.4 Å². The highest BCUT2D eigenvalue weighted by Gasteiger charge is 2.02. The molecular weight excluding hydrogens is 303 g/mol. The molecule has 0 aliphatic rings. The zero-order valence-corrected chi connectivity index (χ0v) is 13.9. The van der Waals surface area contributed by atoms with Crippen LogP contribution in [0.5, 0.6) is 0 Å². The summed E-state index contributed by atoms with van der Waals surface area (Å²) < 4.78 is 0. The van der Waals surface area contributed by atoms with E-state index < -0.39 is 0 Å². The first-order valence-corrected chi connectivity index (χ1v) is 7.91. The predicted molar refractivity (Wildman–Crippen MR) is 93.8 cm³/mol. The summed E-state index contributed by atoms with van der Waals surface area (Å²) in [6.45, 7) is 7.13. The molecule has 0 atom stereocenters. The fraction of sp³-hybridized carbons (Fsp3) is 0.294. The normalized spacial score (nSPS) is 10.5. The summed E-state index contributed by atoms with van der Waals surface area (Å²) in [7, 11) is 0. The second-order valence-electron chi connectivity index (χ2n) is 4.85. The molecule has 0 fully saturated rings. The third-order valence-corrected chi connectivity index (χ3v) is 3.86. The van der Waals surface area contributed by atoms with Gasteiger partial charge in [0.2, 0.25) is 0 Å². The third kappa shape index (κ3) is 4.55. The first-order valence-electron chi connectivity index (χ1n) is 7.16. The lowest BCUT2D eigenvalue weighted by molar-refractivity contribution is 0.865. The van der Waals surface area contributed by atoms with Crippen LogP contribution in [0.15, 0.2) is 42.5 Å². The highest BCUT2D eigenvalue weighted by atomic mass is 35.5. The molecule has 0 spiro atoms. The number of nitrogens with zero attached hydrogens (tertiary/aromatic N) is 1. The van der Waals surface area contributed by atoms with Gasteiger partial charge in [0.1, 0.15) is 0 Å². The molecule has 0 bridgehead atoms. The number of anilines is 2. The Labute approximate surface area is 136 Å². The van der Waals surface area contributed by atoms with Crippen LogP contribution in [0.1, 0.15) is 19.4 Å². The first-order chi connectivity index (χ1) is 10.1. The standard InChI is InChI=1S/C17H20Cl2N2/c1-3-21(4-2)17-7-5-13(6-8-17)12-20-16-10-14(18)9-15(19)11-16/h5-11,20H,3-4,12H2,1-2H3. The van der Waals surface area contributed by atoms with Crippen molar-refractivity contribution in [3.63, 3.8) is 0 Å². The second-order valence-corrected chi connectivity index (χ2v) is 5.72. The van der Waals surface area contributed by atoms with Crippen molar-refractivity contribution >= 4 is 34.6 Å². The molecule has 0 heterocycles. The van der Waals surface area contributed by atoms with Crippen molar-refractivity contribution in [1.82, 2.24) is 0 Å². The Morgan fingerprint density at radius 3 is 2.00 bits per heavy atom. The zero-order valence-electron chi connectivity index (χ0n) is 12.4. The van der Waals surface area contributed by atoms with Crippen molar-refractivity contribution in [1.29, 1.82) is 0 Å². The summed E-state index contributed by atoms with van der Waals surface area (Å²) in [4.78, 5) is 2.33. The Morgan fingerprint density at radius 1 is 0.905 bits per heavy atom. The van der Waals surface area contributed by atoms with E-state index in [-0.39, 0.29) is 0 Å². The lowest BCUT2D eigenvalue weighted by atomic mass is 10.2. The molecule has 2 aromatic carbocycles. The molecule has 2 nitrogen and oxygen atoms in total. The van der Waals surface area contributed by atoms with Gasteiger partial charge in [-0.2, -0.15) is 0 Å². The van der Waals surface area contributed by atoms with E-state index in [0.29, 0.717) is 10.0 Å². The maximum Gasteiger partial charge on any atom is 0.0441 e. The van der Waals surface area contributed by atoms with Gasteiger partial charge in [-0.15, -0.1) is 0 Å². The van der Waals surface area contributed by atoms with Crippen LogP contribution in [0, 0.1) is 0 Å². The molecule has 0 aliphatic heterocycles. The van der Waals surface area contributed by atoms with Gasteiger partial charge in [-0.05, 0) is 49.7 Å². The van der Waals surface area contributed by atoms with Crippen LogP contribution in [0.3, 0.4) is 0 Å². The topological polar surface area (TPSA) is 15.3 Å². The van der Waals surface area contributed by atoms with Crippen molar-refractivity contribution in [2.24, 2.45) is 0 Å². The molecule has 0 unspecified atom stereocenters. The van der Waals surface area contributed by atoms with E-state index in [1.807, 2.05) is 12.1 Å². The number of rotatable bonds is 6. The Bertz CT molecular complexity index is 558. The van der Waals surface area contributed by atoms with Crippen LogP contribution >= 0.6 is 23.2 Å². The number of hydrogen-bond donors (Lipinski definition) is 1. The van der Waals surface area contributed by atoms with E-state index in [0.717, 1.165) is 25.3 Å². The van der Waals surface area contributed by atoms with Crippen molar-refractivity contribution in [3.05, 3.63) is 58.1 Å².